The van der Waals surface area contributed by atoms with Gasteiger partial charge in [-0.15, -0.1) is 0 Å². The Kier molecular flexibility index (Phi) is 3.76. The zero-order valence-corrected chi connectivity index (χ0v) is 12.3. The number of rotatable bonds is 2. The summed E-state index contributed by atoms with van der Waals surface area (Å²) in [6.45, 7) is 8.29. The van der Waals surface area contributed by atoms with Crippen LogP contribution in [0.25, 0.3) is 0 Å². The molecular weight excluding hydrogens is 260 g/mol. The molecule has 19 heavy (non-hydrogen) atoms. The number of para-hydroxylation sites is 1. The third-order valence-corrected chi connectivity index (χ3v) is 3.26. The van der Waals surface area contributed by atoms with Crippen molar-refractivity contribution in [2.24, 2.45) is 0 Å². The summed E-state index contributed by atoms with van der Waals surface area (Å²) < 4.78 is 5.91. The van der Waals surface area contributed by atoms with Crippen LogP contribution in [-0.4, -0.2) is 9.97 Å². The fourth-order valence-electron chi connectivity index (χ4n) is 1.80. The lowest BCUT2D eigenvalue weighted by atomic mass is 9.86. The summed E-state index contributed by atoms with van der Waals surface area (Å²) >= 11 is 5.98. The average molecular weight is 277 g/mol. The molecule has 0 amide bonds. The van der Waals surface area contributed by atoms with E-state index in [-0.39, 0.29) is 5.41 Å². The van der Waals surface area contributed by atoms with Crippen molar-refractivity contribution in [3.05, 3.63) is 46.9 Å². The van der Waals surface area contributed by atoms with Crippen LogP contribution in [0.15, 0.2) is 30.6 Å². The van der Waals surface area contributed by atoms with Gasteiger partial charge in [0, 0.05) is 11.1 Å². The van der Waals surface area contributed by atoms with E-state index in [1.165, 1.54) is 6.33 Å². The maximum absolute atomic E-state index is 5.98. The van der Waals surface area contributed by atoms with E-state index in [0.717, 1.165) is 16.9 Å². The molecule has 0 radical (unpaired) electrons. The minimum Gasteiger partial charge on any atom is -0.438 e. The fraction of sp³-hybridized carbons (Fsp3) is 0.333. The zero-order chi connectivity index (χ0) is 14.0. The van der Waals surface area contributed by atoms with Crippen molar-refractivity contribution in [3.63, 3.8) is 0 Å². The summed E-state index contributed by atoms with van der Waals surface area (Å²) in [6.07, 6.45) is 1.41. The van der Waals surface area contributed by atoms with Crippen LogP contribution >= 0.6 is 11.6 Å². The molecule has 3 nitrogen and oxygen atoms in total. The van der Waals surface area contributed by atoms with Crippen LogP contribution in [0, 0.1) is 6.92 Å². The maximum atomic E-state index is 5.98. The van der Waals surface area contributed by atoms with Crippen molar-refractivity contribution in [3.8, 4) is 11.6 Å². The smallest absolute Gasteiger partial charge is 0.226 e. The van der Waals surface area contributed by atoms with Gasteiger partial charge in [0.1, 0.15) is 17.2 Å². The molecule has 0 aliphatic carbocycles. The van der Waals surface area contributed by atoms with Gasteiger partial charge in [-0.2, -0.15) is 0 Å². The molecule has 1 aromatic heterocycles. The number of ether oxygens (including phenoxy) is 1. The lowest BCUT2D eigenvalue weighted by Crippen LogP contribution is -2.12. The Hall–Kier alpha value is -1.61. The van der Waals surface area contributed by atoms with Gasteiger partial charge in [-0.25, -0.2) is 9.97 Å². The van der Waals surface area contributed by atoms with E-state index in [9.17, 15) is 0 Å². The first kappa shape index (κ1) is 13.8. The van der Waals surface area contributed by atoms with Crippen molar-refractivity contribution >= 4 is 11.6 Å². The largest absolute Gasteiger partial charge is 0.438 e. The van der Waals surface area contributed by atoms with Crippen molar-refractivity contribution < 1.29 is 4.74 Å². The summed E-state index contributed by atoms with van der Waals surface area (Å²) in [7, 11) is 0. The first-order valence-electron chi connectivity index (χ1n) is 6.14. The molecule has 100 valence electrons. The van der Waals surface area contributed by atoms with Gasteiger partial charge >= 0.3 is 0 Å². The summed E-state index contributed by atoms with van der Waals surface area (Å²) in [5.74, 6) is 1.30. The van der Waals surface area contributed by atoms with Crippen molar-refractivity contribution in [1.82, 2.24) is 9.97 Å². The van der Waals surface area contributed by atoms with Crippen molar-refractivity contribution in [1.29, 1.82) is 0 Å². The Morgan fingerprint density at radius 2 is 1.79 bits per heavy atom. The molecular formula is C15H17ClN2O. The molecule has 0 atom stereocenters. The predicted molar refractivity (Wildman–Crippen MR) is 77.0 cm³/mol. The van der Waals surface area contributed by atoms with Gasteiger partial charge in [0.25, 0.3) is 0 Å². The van der Waals surface area contributed by atoms with Crippen LogP contribution in [0.5, 0.6) is 11.6 Å². The van der Waals surface area contributed by atoms with Gasteiger partial charge in [-0.1, -0.05) is 50.6 Å². The summed E-state index contributed by atoms with van der Waals surface area (Å²) in [5, 5.41) is 0.415. The molecule has 1 aromatic carbocycles. The van der Waals surface area contributed by atoms with Gasteiger partial charge in [0.05, 0.1) is 0 Å². The second-order valence-electron chi connectivity index (χ2n) is 5.44. The van der Waals surface area contributed by atoms with Crippen LogP contribution in [-0.2, 0) is 5.41 Å². The highest BCUT2D eigenvalue weighted by molar-refractivity contribution is 6.30. The first-order chi connectivity index (χ1) is 8.89. The Balaban J connectivity index is 2.42. The second kappa shape index (κ2) is 5.17. The van der Waals surface area contributed by atoms with E-state index < -0.39 is 0 Å². The molecule has 2 rings (SSSR count). The maximum Gasteiger partial charge on any atom is 0.226 e. The van der Waals surface area contributed by atoms with E-state index in [4.69, 9.17) is 16.3 Å². The average Bonchev–Trinajstić information content (AvgIpc) is 2.34. The van der Waals surface area contributed by atoms with Crippen molar-refractivity contribution in [2.75, 3.05) is 0 Å². The minimum atomic E-state index is 0.00131. The highest BCUT2D eigenvalue weighted by atomic mass is 35.5. The normalized spacial score (nSPS) is 11.4. The first-order valence-corrected chi connectivity index (χ1v) is 6.52. The van der Waals surface area contributed by atoms with Gasteiger partial charge in [-0.05, 0) is 18.4 Å². The predicted octanol–water partition coefficient (Wildman–Crippen LogP) is 4.53. The quantitative estimate of drug-likeness (QED) is 0.756. The van der Waals surface area contributed by atoms with E-state index in [1.54, 1.807) is 0 Å². The summed E-state index contributed by atoms with van der Waals surface area (Å²) in [4.78, 5) is 8.07. The highest BCUT2D eigenvalue weighted by Gasteiger charge is 2.19. The molecule has 0 unspecified atom stereocenters. The third kappa shape index (κ3) is 3.04. The van der Waals surface area contributed by atoms with Gasteiger partial charge < -0.3 is 4.74 Å². The molecule has 0 bridgehead atoms. The van der Waals surface area contributed by atoms with E-state index in [0.29, 0.717) is 11.0 Å². The number of hydrogen-bond donors (Lipinski definition) is 0. The lowest BCUT2D eigenvalue weighted by molar-refractivity contribution is 0.435. The molecule has 0 aliphatic heterocycles. The summed E-state index contributed by atoms with van der Waals surface area (Å²) in [5.41, 5.74) is 1.87. The number of halogens is 1. The third-order valence-electron chi connectivity index (χ3n) is 2.88. The van der Waals surface area contributed by atoms with Gasteiger partial charge in [-0.3, -0.25) is 0 Å². The Bertz CT molecular complexity index is 591. The topological polar surface area (TPSA) is 35.0 Å². The number of hydrogen-bond acceptors (Lipinski definition) is 3. The number of aromatic nitrogens is 2. The van der Waals surface area contributed by atoms with E-state index in [1.807, 2.05) is 25.1 Å². The fourth-order valence-corrected chi connectivity index (χ4v) is 1.92. The molecule has 1 heterocycles. The van der Waals surface area contributed by atoms with Gasteiger partial charge in [0.2, 0.25) is 5.88 Å². The SMILES string of the molecule is Cc1c(Cl)ncnc1Oc1ccccc1C(C)(C)C. The Morgan fingerprint density at radius 1 is 1.11 bits per heavy atom. The minimum absolute atomic E-state index is 0.00131. The molecule has 0 fully saturated rings. The van der Waals surface area contributed by atoms with E-state index >= 15 is 0 Å². The molecule has 0 spiro atoms. The Labute approximate surface area is 118 Å². The number of benzene rings is 1. The highest BCUT2D eigenvalue weighted by Crippen LogP contribution is 2.34. The summed E-state index contributed by atoms with van der Waals surface area (Å²) in [6, 6.07) is 7.96. The molecule has 0 saturated heterocycles. The van der Waals surface area contributed by atoms with Crippen LogP contribution in [0.3, 0.4) is 0 Å². The monoisotopic (exact) mass is 276 g/mol. The molecule has 0 saturated carbocycles. The number of nitrogens with zero attached hydrogens (tertiary/aromatic N) is 2. The van der Waals surface area contributed by atoms with Crippen LogP contribution < -0.4 is 4.74 Å². The Morgan fingerprint density at radius 3 is 2.47 bits per heavy atom. The van der Waals surface area contributed by atoms with Crippen LogP contribution in [0.2, 0.25) is 5.15 Å². The van der Waals surface area contributed by atoms with Crippen LogP contribution in [0.1, 0.15) is 31.9 Å². The standard InChI is InChI=1S/C15H17ClN2O/c1-10-13(16)17-9-18-14(10)19-12-8-6-5-7-11(12)15(2,3)4/h5-9H,1-4H3. The van der Waals surface area contributed by atoms with Gasteiger partial charge in [0.15, 0.2) is 0 Å². The second-order valence-corrected chi connectivity index (χ2v) is 5.80. The molecule has 4 heteroatoms. The zero-order valence-electron chi connectivity index (χ0n) is 11.6. The van der Waals surface area contributed by atoms with Crippen LogP contribution in [0.4, 0.5) is 0 Å². The van der Waals surface area contributed by atoms with E-state index in [2.05, 4.69) is 36.8 Å². The van der Waals surface area contributed by atoms with Crippen molar-refractivity contribution in [2.45, 2.75) is 33.1 Å². The molecule has 0 aliphatic rings. The lowest BCUT2D eigenvalue weighted by Gasteiger charge is -2.22. The molecule has 0 N–H and O–H groups in total. The molecule has 2 aromatic rings.